The summed E-state index contributed by atoms with van der Waals surface area (Å²) >= 11 is 0. The molecule has 0 spiro atoms. The molecule has 0 bridgehead atoms. The van der Waals surface area contributed by atoms with Gasteiger partial charge in [-0.25, -0.2) is 9.18 Å². The first-order valence-electron chi connectivity index (χ1n) is 6.86. The topological polar surface area (TPSA) is 40.5 Å². The third-order valence-corrected chi connectivity index (χ3v) is 3.83. The number of rotatable bonds is 6. The Morgan fingerprint density at radius 2 is 2.20 bits per heavy atom. The molecule has 1 aromatic carbocycles. The Morgan fingerprint density at radius 1 is 1.50 bits per heavy atom. The maximum atomic E-state index is 13.6. The Bertz CT molecular complexity index is 523. The fourth-order valence-corrected chi connectivity index (χ4v) is 2.40. The van der Waals surface area contributed by atoms with Crippen LogP contribution in [0, 0.1) is 11.7 Å². The van der Waals surface area contributed by atoms with Crippen LogP contribution in [0.25, 0.3) is 6.08 Å². The fourth-order valence-electron chi connectivity index (χ4n) is 2.40. The number of carboxylic acids is 1. The lowest BCUT2D eigenvalue weighted by Crippen LogP contribution is -2.30. The molecule has 2 rings (SSSR count). The third-order valence-electron chi connectivity index (χ3n) is 3.83. The lowest BCUT2D eigenvalue weighted by Gasteiger charge is -2.24. The Morgan fingerprint density at radius 3 is 2.80 bits per heavy atom. The number of aliphatic carboxylic acids is 1. The van der Waals surface area contributed by atoms with E-state index in [0.29, 0.717) is 18.2 Å². The number of benzene rings is 1. The molecule has 1 aromatic rings. The van der Waals surface area contributed by atoms with Crippen LogP contribution in [0.5, 0.6) is 0 Å². The summed E-state index contributed by atoms with van der Waals surface area (Å²) < 4.78 is 13.6. The highest BCUT2D eigenvalue weighted by atomic mass is 19.1. The van der Waals surface area contributed by atoms with E-state index in [0.717, 1.165) is 17.6 Å². The van der Waals surface area contributed by atoms with Crippen LogP contribution in [0.4, 0.5) is 4.39 Å². The van der Waals surface area contributed by atoms with Crippen molar-refractivity contribution in [2.45, 2.75) is 32.4 Å². The molecule has 3 nitrogen and oxygen atoms in total. The van der Waals surface area contributed by atoms with Crippen molar-refractivity contribution in [2.24, 2.45) is 5.92 Å². The summed E-state index contributed by atoms with van der Waals surface area (Å²) in [6.45, 7) is 2.87. The molecule has 4 heteroatoms. The second kappa shape index (κ2) is 6.18. The van der Waals surface area contributed by atoms with E-state index in [1.54, 1.807) is 0 Å². The van der Waals surface area contributed by atoms with Crippen LogP contribution >= 0.6 is 0 Å². The molecule has 1 atom stereocenters. The predicted molar refractivity (Wildman–Crippen MR) is 76.7 cm³/mol. The van der Waals surface area contributed by atoms with E-state index in [4.69, 9.17) is 5.11 Å². The number of nitrogens with zero attached hydrogens (tertiary/aromatic N) is 1. The van der Waals surface area contributed by atoms with Crippen molar-refractivity contribution in [2.75, 3.05) is 7.05 Å². The van der Waals surface area contributed by atoms with E-state index in [-0.39, 0.29) is 5.82 Å². The SMILES string of the molecule is CC(C1CC1)N(C)Cc1cc(F)cc(C=CC(=O)O)c1. The van der Waals surface area contributed by atoms with Crippen LogP contribution < -0.4 is 0 Å². The highest BCUT2D eigenvalue weighted by Gasteiger charge is 2.30. The summed E-state index contributed by atoms with van der Waals surface area (Å²) in [4.78, 5) is 12.7. The summed E-state index contributed by atoms with van der Waals surface area (Å²) in [7, 11) is 2.04. The van der Waals surface area contributed by atoms with Gasteiger partial charge in [-0.15, -0.1) is 0 Å². The Balaban J connectivity index is 2.08. The normalized spacial score (nSPS) is 16.8. The van der Waals surface area contributed by atoms with Crippen LogP contribution in [0.15, 0.2) is 24.3 Å². The highest BCUT2D eigenvalue weighted by Crippen LogP contribution is 2.35. The summed E-state index contributed by atoms with van der Waals surface area (Å²) in [6, 6.07) is 5.18. The molecule has 1 fully saturated rings. The van der Waals surface area contributed by atoms with Crippen LogP contribution in [-0.4, -0.2) is 29.1 Å². The molecule has 1 saturated carbocycles. The third kappa shape index (κ3) is 4.17. The number of carbonyl (C=O) groups is 1. The molecule has 0 aromatic heterocycles. The Kier molecular flexibility index (Phi) is 4.55. The number of halogens is 1. The van der Waals surface area contributed by atoms with Crippen molar-refractivity contribution >= 4 is 12.0 Å². The van der Waals surface area contributed by atoms with Crippen molar-refractivity contribution in [1.82, 2.24) is 4.90 Å². The summed E-state index contributed by atoms with van der Waals surface area (Å²) in [5, 5.41) is 8.61. The standard InChI is InChI=1S/C16H20FNO2/c1-11(14-4-5-14)18(2)10-13-7-12(3-6-16(19)20)8-15(17)9-13/h3,6-9,11,14H,4-5,10H2,1-2H3,(H,19,20). The maximum absolute atomic E-state index is 13.6. The van der Waals surface area contributed by atoms with E-state index < -0.39 is 5.97 Å². The van der Waals surface area contributed by atoms with Gasteiger partial charge >= 0.3 is 5.97 Å². The molecule has 0 aliphatic heterocycles. The van der Waals surface area contributed by atoms with Gasteiger partial charge in [0.2, 0.25) is 0 Å². The highest BCUT2D eigenvalue weighted by molar-refractivity contribution is 5.85. The van der Waals surface area contributed by atoms with Crippen molar-refractivity contribution < 1.29 is 14.3 Å². The zero-order chi connectivity index (χ0) is 14.7. The molecular weight excluding hydrogens is 257 g/mol. The van der Waals surface area contributed by atoms with Gasteiger partial charge in [-0.1, -0.05) is 6.07 Å². The average Bonchev–Trinajstić information content (AvgIpc) is 3.19. The number of hydrogen-bond acceptors (Lipinski definition) is 2. The monoisotopic (exact) mass is 277 g/mol. The summed E-state index contributed by atoms with van der Waals surface area (Å²) in [5.74, 6) is -0.602. The fraction of sp³-hybridized carbons (Fsp3) is 0.438. The van der Waals surface area contributed by atoms with Crippen molar-refractivity contribution in [3.63, 3.8) is 0 Å². The van der Waals surface area contributed by atoms with Crippen LogP contribution in [-0.2, 0) is 11.3 Å². The molecule has 1 unspecified atom stereocenters. The quantitative estimate of drug-likeness (QED) is 0.812. The van der Waals surface area contributed by atoms with Crippen molar-refractivity contribution in [1.29, 1.82) is 0 Å². The molecule has 20 heavy (non-hydrogen) atoms. The van der Waals surface area contributed by atoms with Crippen LogP contribution in [0.1, 0.15) is 30.9 Å². The van der Waals surface area contributed by atoms with Gasteiger partial charge in [-0.05, 0) is 62.1 Å². The second-order valence-electron chi connectivity index (χ2n) is 5.56. The van der Waals surface area contributed by atoms with Gasteiger partial charge in [0.1, 0.15) is 5.82 Å². The summed E-state index contributed by atoms with van der Waals surface area (Å²) in [6.07, 6.45) is 5.00. The zero-order valence-electron chi connectivity index (χ0n) is 11.8. The van der Waals surface area contributed by atoms with E-state index in [1.165, 1.54) is 31.1 Å². The maximum Gasteiger partial charge on any atom is 0.328 e. The Labute approximate surface area is 118 Å². The minimum absolute atomic E-state index is 0.333. The molecular formula is C16H20FNO2. The van der Waals surface area contributed by atoms with Gasteiger partial charge in [0.25, 0.3) is 0 Å². The van der Waals surface area contributed by atoms with Gasteiger partial charge in [0.15, 0.2) is 0 Å². The second-order valence-corrected chi connectivity index (χ2v) is 5.56. The first kappa shape index (κ1) is 14.7. The van der Waals surface area contributed by atoms with Gasteiger partial charge in [-0.3, -0.25) is 4.90 Å². The minimum atomic E-state index is -1.03. The summed E-state index contributed by atoms with van der Waals surface area (Å²) in [5.41, 5.74) is 1.44. The average molecular weight is 277 g/mol. The number of carboxylic acid groups (broad SMARTS) is 1. The minimum Gasteiger partial charge on any atom is -0.478 e. The van der Waals surface area contributed by atoms with Crippen molar-refractivity contribution in [3.8, 4) is 0 Å². The van der Waals surface area contributed by atoms with E-state index in [9.17, 15) is 9.18 Å². The molecule has 0 amide bonds. The van der Waals surface area contributed by atoms with Gasteiger partial charge in [-0.2, -0.15) is 0 Å². The first-order chi connectivity index (χ1) is 9.45. The lowest BCUT2D eigenvalue weighted by molar-refractivity contribution is -0.131. The van der Waals surface area contributed by atoms with Gasteiger partial charge in [0, 0.05) is 18.7 Å². The lowest BCUT2D eigenvalue weighted by atomic mass is 10.1. The molecule has 108 valence electrons. The number of hydrogen-bond donors (Lipinski definition) is 1. The van der Waals surface area contributed by atoms with E-state index in [2.05, 4.69) is 11.8 Å². The Hall–Kier alpha value is -1.68. The zero-order valence-corrected chi connectivity index (χ0v) is 11.8. The smallest absolute Gasteiger partial charge is 0.328 e. The van der Waals surface area contributed by atoms with Crippen LogP contribution in [0.2, 0.25) is 0 Å². The van der Waals surface area contributed by atoms with E-state index >= 15 is 0 Å². The van der Waals surface area contributed by atoms with Crippen molar-refractivity contribution in [3.05, 3.63) is 41.2 Å². The molecule has 0 saturated heterocycles. The molecule has 0 radical (unpaired) electrons. The molecule has 0 heterocycles. The predicted octanol–water partition coefficient (Wildman–Crippen LogP) is 3.15. The van der Waals surface area contributed by atoms with E-state index in [1.807, 2.05) is 13.1 Å². The van der Waals surface area contributed by atoms with Gasteiger partial charge < -0.3 is 5.11 Å². The molecule has 1 aliphatic rings. The molecule has 1 aliphatic carbocycles. The molecule has 1 N–H and O–H groups in total. The first-order valence-corrected chi connectivity index (χ1v) is 6.86. The van der Waals surface area contributed by atoms with Crippen LogP contribution in [0.3, 0.4) is 0 Å². The van der Waals surface area contributed by atoms with Gasteiger partial charge in [0.05, 0.1) is 0 Å². The largest absolute Gasteiger partial charge is 0.478 e.